The van der Waals surface area contributed by atoms with Gasteiger partial charge in [0.1, 0.15) is 5.76 Å². The molecule has 0 aliphatic heterocycles. The van der Waals surface area contributed by atoms with Gasteiger partial charge >= 0.3 is 5.97 Å². The number of aliphatic carboxylic acids is 1. The lowest BCUT2D eigenvalue weighted by Gasteiger charge is -2.11. The van der Waals surface area contributed by atoms with E-state index in [1.165, 1.54) is 17.1 Å². The standard InChI is InChI=1S/C13H14N4O4/c1-17-6-8(5-14-17)11(13(19)20)15-12(18)9-4-10(21-16-9)7-2-3-7/h4-7,11H,2-3H2,1H3,(H,15,18)(H,19,20). The van der Waals surface area contributed by atoms with Crippen molar-refractivity contribution in [2.75, 3.05) is 0 Å². The molecule has 1 saturated carbocycles. The summed E-state index contributed by atoms with van der Waals surface area (Å²) >= 11 is 0. The van der Waals surface area contributed by atoms with Gasteiger partial charge in [0, 0.05) is 30.8 Å². The van der Waals surface area contributed by atoms with Gasteiger partial charge in [-0.1, -0.05) is 5.16 Å². The number of carbonyl (C=O) groups is 2. The third-order valence-corrected chi connectivity index (χ3v) is 3.32. The second-order valence-corrected chi connectivity index (χ2v) is 5.08. The van der Waals surface area contributed by atoms with Crippen LogP contribution in [-0.2, 0) is 11.8 Å². The minimum Gasteiger partial charge on any atom is -0.479 e. The zero-order chi connectivity index (χ0) is 15.0. The highest BCUT2D eigenvalue weighted by molar-refractivity contribution is 5.95. The number of hydrogen-bond acceptors (Lipinski definition) is 5. The molecule has 8 heteroatoms. The summed E-state index contributed by atoms with van der Waals surface area (Å²) in [6.45, 7) is 0. The lowest BCUT2D eigenvalue weighted by Crippen LogP contribution is -2.33. The number of aromatic nitrogens is 3. The van der Waals surface area contributed by atoms with Crippen molar-refractivity contribution in [3.63, 3.8) is 0 Å². The third kappa shape index (κ3) is 2.78. The van der Waals surface area contributed by atoms with Crippen LogP contribution in [0.25, 0.3) is 0 Å². The molecule has 2 aromatic heterocycles. The number of carbonyl (C=O) groups excluding carboxylic acids is 1. The first-order valence-corrected chi connectivity index (χ1v) is 6.53. The maximum atomic E-state index is 12.1. The van der Waals surface area contributed by atoms with Gasteiger partial charge in [0.05, 0.1) is 6.20 Å². The molecule has 0 radical (unpaired) electrons. The molecule has 0 spiro atoms. The molecule has 1 atom stereocenters. The van der Waals surface area contributed by atoms with Gasteiger partial charge < -0.3 is 14.9 Å². The number of carboxylic acid groups (broad SMARTS) is 1. The van der Waals surface area contributed by atoms with E-state index < -0.39 is 17.9 Å². The molecule has 2 heterocycles. The Hall–Kier alpha value is -2.64. The van der Waals surface area contributed by atoms with Gasteiger partial charge in [-0.05, 0) is 12.8 Å². The highest BCUT2D eigenvalue weighted by Gasteiger charge is 2.30. The van der Waals surface area contributed by atoms with Crippen LogP contribution in [0.3, 0.4) is 0 Å². The number of nitrogens with zero attached hydrogens (tertiary/aromatic N) is 3. The molecule has 2 aromatic rings. The zero-order valence-electron chi connectivity index (χ0n) is 11.3. The van der Waals surface area contributed by atoms with Gasteiger partial charge in [0.15, 0.2) is 11.7 Å². The van der Waals surface area contributed by atoms with Gasteiger partial charge in [-0.25, -0.2) is 4.79 Å². The fourth-order valence-electron chi connectivity index (χ4n) is 2.04. The Labute approximate surface area is 119 Å². The molecule has 0 aromatic carbocycles. The first kappa shape index (κ1) is 13.3. The van der Waals surface area contributed by atoms with E-state index in [1.54, 1.807) is 13.1 Å². The van der Waals surface area contributed by atoms with E-state index >= 15 is 0 Å². The fourth-order valence-corrected chi connectivity index (χ4v) is 2.04. The maximum Gasteiger partial charge on any atom is 0.331 e. The minimum atomic E-state index is -1.17. The van der Waals surface area contributed by atoms with E-state index in [2.05, 4.69) is 15.6 Å². The van der Waals surface area contributed by atoms with Crippen LogP contribution in [0, 0.1) is 0 Å². The van der Waals surface area contributed by atoms with Crippen molar-refractivity contribution in [3.05, 3.63) is 35.5 Å². The third-order valence-electron chi connectivity index (χ3n) is 3.32. The number of hydrogen-bond donors (Lipinski definition) is 2. The molecule has 21 heavy (non-hydrogen) atoms. The monoisotopic (exact) mass is 290 g/mol. The molecule has 8 nitrogen and oxygen atoms in total. The first-order valence-electron chi connectivity index (χ1n) is 6.53. The summed E-state index contributed by atoms with van der Waals surface area (Å²) in [4.78, 5) is 23.4. The smallest absolute Gasteiger partial charge is 0.331 e. The van der Waals surface area contributed by atoms with Crippen molar-refractivity contribution in [1.29, 1.82) is 0 Å². The van der Waals surface area contributed by atoms with Gasteiger partial charge in [-0.3, -0.25) is 9.48 Å². The fraction of sp³-hybridized carbons (Fsp3) is 0.385. The van der Waals surface area contributed by atoms with E-state index in [9.17, 15) is 14.7 Å². The average Bonchev–Trinajstić information content (AvgIpc) is 3.01. The Kier molecular flexibility index (Phi) is 3.20. The highest BCUT2D eigenvalue weighted by atomic mass is 16.5. The number of carboxylic acids is 1. The van der Waals surface area contributed by atoms with E-state index in [0.29, 0.717) is 17.2 Å². The first-order chi connectivity index (χ1) is 10.0. The maximum absolute atomic E-state index is 12.1. The van der Waals surface area contributed by atoms with Crippen LogP contribution >= 0.6 is 0 Å². The summed E-state index contributed by atoms with van der Waals surface area (Å²) in [6.07, 6.45) is 5.00. The largest absolute Gasteiger partial charge is 0.479 e. The molecule has 110 valence electrons. The van der Waals surface area contributed by atoms with Crippen LogP contribution in [0.2, 0.25) is 0 Å². The number of aryl methyl sites for hydroxylation is 1. The number of rotatable bonds is 5. The molecule has 0 saturated heterocycles. The van der Waals surface area contributed by atoms with Crippen LogP contribution in [0.1, 0.15) is 46.6 Å². The predicted molar refractivity (Wildman–Crippen MR) is 69.5 cm³/mol. The van der Waals surface area contributed by atoms with Gasteiger partial charge in [-0.2, -0.15) is 5.10 Å². The van der Waals surface area contributed by atoms with Crippen molar-refractivity contribution in [2.45, 2.75) is 24.8 Å². The SMILES string of the molecule is Cn1cc(C(NC(=O)c2cc(C3CC3)on2)C(=O)O)cn1. The van der Waals surface area contributed by atoms with Crippen molar-refractivity contribution in [1.82, 2.24) is 20.3 Å². The van der Waals surface area contributed by atoms with E-state index in [1.807, 2.05) is 0 Å². The molecule has 1 unspecified atom stereocenters. The molecule has 0 bridgehead atoms. The van der Waals surface area contributed by atoms with Gasteiger partial charge in [-0.15, -0.1) is 0 Å². The summed E-state index contributed by atoms with van der Waals surface area (Å²) in [5, 5.41) is 19.3. The topological polar surface area (TPSA) is 110 Å². The molecule has 3 rings (SSSR count). The van der Waals surface area contributed by atoms with E-state index in [4.69, 9.17) is 4.52 Å². The summed E-state index contributed by atoms with van der Waals surface area (Å²) in [5.41, 5.74) is 0.483. The molecule has 1 aliphatic rings. The van der Waals surface area contributed by atoms with Crippen LogP contribution < -0.4 is 5.32 Å². The summed E-state index contributed by atoms with van der Waals surface area (Å²) in [5.74, 6) is -0.731. The van der Waals surface area contributed by atoms with Crippen LogP contribution in [0.5, 0.6) is 0 Å². The minimum absolute atomic E-state index is 0.0899. The summed E-state index contributed by atoms with van der Waals surface area (Å²) in [6, 6.07) is 0.391. The Morgan fingerprint density at radius 3 is 2.86 bits per heavy atom. The summed E-state index contributed by atoms with van der Waals surface area (Å²) < 4.78 is 6.56. The van der Waals surface area contributed by atoms with E-state index in [-0.39, 0.29) is 5.69 Å². The lowest BCUT2D eigenvalue weighted by atomic mass is 10.1. The molecule has 1 aliphatic carbocycles. The van der Waals surface area contributed by atoms with Gasteiger partial charge in [0.2, 0.25) is 0 Å². The highest BCUT2D eigenvalue weighted by Crippen LogP contribution is 2.40. The molecule has 1 amide bonds. The predicted octanol–water partition coefficient (Wildman–Crippen LogP) is 0.841. The van der Waals surface area contributed by atoms with Gasteiger partial charge in [0.25, 0.3) is 5.91 Å². The van der Waals surface area contributed by atoms with E-state index in [0.717, 1.165) is 12.8 Å². The molecular weight excluding hydrogens is 276 g/mol. The Bertz CT molecular complexity index is 686. The normalized spacial score (nSPS) is 15.7. The quantitative estimate of drug-likeness (QED) is 0.844. The van der Waals surface area contributed by atoms with Crippen LogP contribution in [0.4, 0.5) is 0 Å². The zero-order valence-corrected chi connectivity index (χ0v) is 11.3. The lowest BCUT2D eigenvalue weighted by molar-refractivity contribution is -0.139. The van der Waals surface area contributed by atoms with Crippen LogP contribution in [-0.4, -0.2) is 31.9 Å². The molecule has 2 N–H and O–H groups in total. The Morgan fingerprint density at radius 1 is 1.52 bits per heavy atom. The van der Waals surface area contributed by atoms with Crippen LogP contribution in [0.15, 0.2) is 23.0 Å². The number of nitrogens with one attached hydrogen (secondary N) is 1. The van der Waals surface area contributed by atoms with Crippen molar-refractivity contribution >= 4 is 11.9 Å². The Morgan fingerprint density at radius 2 is 2.29 bits per heavy atom. The Balaban J connectivity index is 1.75. The average molecular weight is 290 g/mol. The van der Waals surface area contributed by atoms with Crippen molar-refractivity contribution in [3.8, 4) is 0 Å². The molecular formula is C13H14N4O4. The second kappa shape index (κ2) is 5.04. The van der Waals surface area contributed by atoms with Crippen molar-refractivity contribution in [2.24, 2.45) is 7.05 Å². The molecule has 1 fully saturated rings. The summed E-state index contributed by atoms with van der Waals surface area (Å²) in [7, 11) is 1.67. The number of amides is 1. The second-order valence-electron chi connectivity index (χ2n) is 5.08. The van der Waals surface area contributed by atoms with Crippen molar-refractivity contribution < 1.29 is 19.2 Å².